The molecule has 0 fully saturated rings. The molecule has 0 saturated heterocycles. The summed E-state index contributed by atoms with van der Waals surface area (Å²) in [6, 6.07) is 0. The largest absolute Gasteiger partial charge is 0.383 e. The summed E-state index contributed by atoms with van der Waals surface area (Å²) in [7, 11) is 1.71. The molecular formula is C9H16N2O. The molecule has 0 amide bonds. The third kappa shape index (κ3) is 1.85. The summed E-state index contributed by atoms with van der Waals surface area (Å²) in [6.07, 6.45) is 2.95. The van der Waals surface area contributed by atoms with Gasteiger partial charge in [-0.15, -0.1) is 0 Å². The minimum atomic E-state index is 0.730. The average molecular weight is 168 g/mol. The molecule has 12 heavy (non-hydrogen) atoms. The number of hydrogen-bond acceptors (Lipinski definition) is 2. The predicted octanol–water partition coefficient (Wildman–Crippen LogP) is 1.40. The molecule has 0 bridgehead atoms. The molecule has 0 atom stereocenters. The smallest absolute Gasteiger partial charge is 0.0658 e. The van der Waals surface area contributed by atoms with Gasteiger partial charge in [-0.25, -0.2) is 0 Å². The van der Waals surface area contributed by atoms with E-state index in [0.717, 1.165) is 19.6 Å². The first kappa shape index (κ1) is 9.26. The van der Waals surface area contributed by atoms with Gasteiger partial charge in [-0.3, -0.25) is 4.68 Å². The van der Waals surface area contributed by atoms with Gasteiger partial charge in [0.05, 0.1) is 19.3 Å². The molecule has 68 valence electrons. The van der Waals surface area contributed by atoms with Crippen molar-refractivity contribution in [2.45, 2.75) is 26.8 Å². The molecule has 0 unspecified atom stereocenters. The van der Waals surface area contributed by atoms with E-state index in [-0.39, 0.29) is 0 Å². The minimum Gasteiger partial charge on any atom is -0.383 e. The molecule has 0 radical (unpaired) electrons. The Labute approximate surface area is 73.3 Å². The summed E-state index contributed by atoms with van der Waals surface area (Å²) >= 11 is 0. The van der Waals surface area contributed by atoms with Gasteiger partial charge in [-0.05, 0) is 18.9 Å². The standard InChI is InChI=1S/C9H16N2O/c1-4-9-8(2)7-10-11(9)5-6-12-3/h7H,4-6H2,1-3H3. The Kier molecular flexibility index (Phi) is 3.29. The zero-order valence-electron chi connectivity index (χ0n) is 8.00. The Morgan fingerprint density at radius 3 is 2.92 bits per heavy atom. The Morgan fingerprint density at radius 2 is 2.33 bits per heavy atom. The lowest BCUT2D eigenvalue weighted by atomic mass is 10.2. The summed E-state index contributed by atoms with van der Waals surface area (Å²) < 4.78 is 7.01. The number of hydrogen-bond donors (Lipinski definition) is 0. The van der Waals surface area contributed by atoms with Gasteiger partial charge < -0.3 is 4.74 Å². The summed E-state index contributed by atoms with van der Waals surface area (Å²) in [4.78, 5) is 0. The van der Waals surface area contributed by atoms with E-state index in [2.05, 4.69) is 18.9 Å². The van der Waals surface area contributed by atoms with Crippen LogP contribution in [0.25, 0.3) is 0 Å². The van der Waals surface area contributed by atoms with E-state index in [1.807, 2.05) is 10.9 Å². The maximum absolute atomic E-state index is 4.99. The Balaban J connectivity index is 2.70. The lowest BCUT2D eigenvalue weighted by Gasteiger charge is -2.05. The Hall–Kier alpha value is -0.830. The first-order chi connectivity index (χ1) is 5.79. The van der Waals surface area contributed by atoms with E-state index in [9.17, 15) is 0 Å². The zero-order chi connectivity index (χ0) is 8.97. The van der Waals surface area contributed by atoms with Gasteiger partial charge in [-0.1, -0.05) is 6.92 Å². The third-order valence-corrected chi connectivity index (χ3v) is 2.00. The lowest BCUT2D eigenvalue weighted by molar-refractivity contribution is 0.182. The number of nitrogens with zero attached hydrogens (tertiary/aromatic N) is 2. The van der Waals surface area contributed by atoms with Gasteiger partial charge in [0.1, 0.15) is 0 Å². The highest BCUT2D eigenvalue weighted by Gasteiger charge is 2.03. The normalized spacial score (nSPS) is 10.6. The summed E-state index contributed by atoms with van der Waals surface area (Å²) in [5, 5.41) is 4.26. The van der Waals surface area contributed by atoms with Crippen molar-refractivity contribution in [2.75, 3.05) is 13.7 Å². The molecule has 1 rings (SSSR count). The molecule has 1 heterocycles. The van der Waals surface area contributed by atoms with Gasteiger partial charge in [0.25, 0.3) is 0 Å². The third-order valence-electron chi connectivity index (χ3n) is 2.00. The van der Waals surface area contributed by atoms with E-state index >= 15 is 0 Å². The minimum absolute atomic E-state index is 0.730. The molecule has 3 heteroatoms. The van der Waals surface area contributed by atoms with E-state index in [0.29, 0.717) is 0 Å². The zero-order valence-corrected chi connectivity index (χ0v) is 8.00. The molecule has 0 aliphatic heterocycles. The summed E-state index contributed by atoms with van der Waals surface area (Å²) in [6.45, 7) is 5.82. The molecule has 3 nitrogen and oxygen atoms in total. The van der Waals surface area contributed by atoms with Gasteiger partial charge in [0.2, 0.25) is 0 Å². The molecular weight excluding hydrogens is 152 g/mol. The second-order valence-corrected chi connectivity index (χ2v) is 2.84. The van der Waals surface area contributed by atoms with Crippen molar-refractivity contribution in [2.24, 2.45) is 0 Å². The van der Waals surface area contributed by atoms with Crippen molar-refractivity contribution in [3.8, 4) is 0 Å². The molecule has 0 N–H and O–H groups in total. The van der Waals surface area contributed by atoms with Gasteiger partial charge in [0.15, 0.2) is 0 Å². The topological polar surface area (TPSA) is 27.1 Å². The summed E-state index contributed by atoms with van der Waals surface area (Å²) in [5.74, 6) is 0. The van der Waals surface area contributed by atoms with Crippen LogP contribution in [0.1, 0.15) is 18.2 Å². The van der Waals surface area contributed by atoms with Crippen molar-refractivity contribution in [3.63, 3.8) is 0 Å². The molecule has 1 aromatic heterocycles. The van der Waals surface area contributed by atoms with Crippen LogP contribution in [-0.2, 0) is 17.7 Å². The van der Waals surface area contributed by atoms with Gasteiger partial charge >= 0.3 is 0 Å². The van der Waals surface area contributed by atoms with Crippen LogP contribution in [0.2, 0.25) is 0 Å². The second-order valence-electron chi connectivity index (χ2n) is 2.84. The maximum Gasteiger partial charge on any atom is 0.0658 e. The van der Waals surface area contributed by atoms with E-state index in [1.54, 1.807) is 7.11 Å². The fourth-order valence-corrected chi connectivity index (χ4v) is 1.34. The number of rotatable bonds is 4. The van der Waals surface area contributed by atoms with Crippen molar-refractivity contribution in [1.82, 2.24) is 9.78 Å². The number of methoxy groups -OCH3 is 1. The highest BCUT2D eigenvalue weighted by Crippen LogP contribution is 2.07. The van der Waals surface area contributed by atoms with E-state index in [4.69, 9.17) is 4.74 Å². The van der Waals surface area contributed by atoms with Gasteiger partial charge in [-0.2, -0.15) is 5.10 Å². The highest BCUT2D eigenvalue weighted by atomic mass is 16.5. The molecule has 1 aromatic rings. The monoisotopic (exact) mass is 168 g/mol. The van der Waals surface area contributed by atoms with Crippen LogP contribution < -0.4 is 0 Å². The molecule has 0 aliphatic carbocycles. The van der Waals surface area contributed by atoms with Gasteiger partial charge in [0, 0.05) is 12.8 Å². The quantitative estimate of drug-likeness (QED) is 0.679. The van der Waals surface area contributed by atoms with Crippen molar-refractivity contribution >= 4 is 0 Å². The highest BCUT2D eigenvalue weighted by molar-refractivity contribution is 5.15. The summed E-state index contributed by atoms with van der Waals surface area (Å²) in [5.41, 5.74) is 2.58. The van der Waals surface area contributed by atoms with Crippen LogP contribution in [0.15, 0.2) is 6.20 Å². The number of aryl methyl sites for hydroxylation is 1. The first-order valence-corrected chi connectivity index (χ1v) is 4.29. The van der Waals surface area contributed by atoms with E-state index < -0.39 is 0 Å². The van der Waals surface area contributed by atoms with Crippen LogP contribution in [0.5, 0.6) is 0 Å². The second kappa shape index (κ2) is 4.26. The fourth-order valence-electron chi connectivity index (χ4n) is 1.34. The lowest BCUT2D eigenvalue weighted by Crippen LogP contribution is -2.09. The Morgan fingerprint density at radius 1 is 1.58 bits per heavy atom. The van der Waals surface area contributed by atoms with Crippen molar-refractivity contribution in [1.29, 1.82) is 0 Å². The first-order valence-electron chi connectivity index (χ1n) is 4.29. The van der Waals surface area contributed by atoms with Crippen molar-refractivity contribution in [3.05, 3.63) is 17.5 Å². The van der Waals surface area contributed by atoms with Crippen LogP contribution in [-0.4, -0.2) is 23.5 Å². The maximum atomic E-state index is 4.99. The number of ether oxygens (including phenoxy) is 1. The molecule has 0 saturated carbocycles. The van der Waals surface area contributed by atoms with Crippen molar-refractivity contribution < 1.29 is 4.74 Å². The fraction of sp³-hybridized carbons (Fsp3) is 0.667. The van der Waals surface area contributed by atoms with Crippen LogP contribution in [0.4, 0.5) is 0 Å². The van der Waals surface area contributed by atoms with E-state index in [1.165, 1.54) is 11.3 Å². The van der Waals surface area contributed by atoms with Crippen LogP contribution in [0.3, 0.4) is 0 Å². The predicted molar refractivity (Wildman–Crippen MR) is 48.2 cm³/mol. The SMILES string of the molecule is CCc1c(C)cnn1CCOC. The Bertz CT molecular complexity index is 243. The van der Waals surface area contributed by atoms with Crippen LogP contribution in [0, 0.1) is 6.92 Å². The average Bonchev–Trinajstić information content (AvgIpc) is 2.43. The molecule has 0 aliphatic rings. The molecule has 0 aromatic carbocycles. The molecule has 0 spiro atoms. The number of aromatic nitrogens is 2. The van der Waals surface area contributed by atoms with Crippen LogP contribution >= 0.6 is 0 Å².